The zero-order valence-corrected chi connectivity index (χ0v) is 10.3. The zero-order valence-electron chi connectivity index (χ0n) is 8.66. The summed E-state index contributed by atoms with van der Waals surface area (Å²) in [6.45, 7) is 1.75. The molecule has 1 aliphatic heterocycles. The Kier molecular flexibility index (Phi) is 3.46. The van der Waals surface area contributed by atoms with Crippen LogP contribution in [0.1, 0.15) is 16.8 Å². The number of aromatic hydroxyl groups is 1. The van der Waals surface area contributed by atoms with Crippen LogP contribution in [0.25, 0.3) is 0 Å². The fourth-order valence-electron chi connectivity index (χ4n) is 1.70. The summed E-state index contributed by atoms with van der Waals surface area (Å²) in [7, 11) is 0. The van der Waals surface area contributed by atoms with Gasteiger partial charge in [0.1, 0.15) is 5.75 Å². The molecule has 0 radical (unpaired) electrons. The van der Waals surface area contributed by atoms with Crippen molar-refractivity contribution in [1.82, 2.24) is 10.6 Å². The summed E-state index contributed by atoms with van der Waals surface area (Å²) in [6.07, 6.45) is 0.953. The number of halogens is 1. The molecule has 3 N–H and O–H groups in total. The molecule has 0 aromatic heterocycles. The van der Waals surface area contributed by atoms with E-state index in [1.807, 2.05) is 0 Å². The molecule has 1 fully saturated rings. The van der Waals surface area contributed by atoms with Gasteiger partial charge in [-0.1, -0.05) is 0 Å². The minimum absolute atomic E-state index is 0.0807. The van der Waals surface area contributed by atoms with E-state index in [0.717, 1.165) is 19.5 Å². The Balaban J connectivity index is 2.05. The fourth-order valence-corrected chi connectivity index (χ4v) is 1.95. The van der Waals surface area contributed by atoms with Crippen molar-refractivity contribution in [3.8, 4) is 5.75 Å². The number of phenols is 1. The van der Waals surface area contributed by atoms with Crippen molar-refractivity contribution in [2.24, 2.45) is 0 Å². The maximum Gasteiger partial charge on any atom is 0.251 e. The normalized spacial score (nSPS) is 19.7. The third-order valence-electron chi connectivity index (χ3n) is 2.60. The molecular formula is C11H13BrN2O2. The van der Waals surface area contributed by atoms with Gasteiger partial charge < -0.3 is 15.7 Å². The number of phenolic OH excluding ortho intramolecular Hbond substituents is 1. The van der Waals surface area contributed by atoms with Crippen molar-refractivity contribution < 1.29 is 9.90 Å². The largest absolute Gasteiger partial charge is 0.507 e. The summed E-state index contributed by atoms with van der Waals surface area (Å²) in [6, 6.07) is 5.00. The fraction of sp³-hybridized carbons (Fsp3) is 0.364. The highest BCUT2D eigenvalue weighted by Crippen LogP contribution is 2.24. The van der Waals surface area contributed by atoms with Crippen LogP contribution < -0.4 is 10.6 Å². The highest BCUT2D eigenvalue weighted by atomic mass is 79.9. The molecule has 1 heterocycles. The predicted molar refractivity (Wildman–Crippen MR) is 64.5 cm³/mol. The van der Waals surface area contributed by atoms with Gasteiger partial charge in [0.2, 0.25) is 0 Å². The second-order valence-electron chi connectivity index (χ2n) is 3.83. The Bertz CT molecular complexity index is 403. The van der Waals surface area contributed by atoms with Crippen LogP contribution >= 0.6 is 15.9 Å². The Morgan fingerprint density at radius 2 is 2.38 bits per heavy atom. The van der Waals surface area contributed by atoms with Crippen LogP contribution in [0.4, 0.5) is 0 Å². The van der Waals surface area contributed by atoms with Crippen LogP contribution in [0, 0.1) is 0 Å². The molecule has 86 valence electrons. The Morgan fingerprint density at radius 1 is 1.56 bits per heavy atom. The maximum atomic E-state index is 11.8. The molecule has 1 amide bonds. The Morgan fingerprint density at radius 3 is 3.00 bits per heavy atom. The lowest BCUT2D eigenvalue weighted by atomic mass is 10.2. The number of carbonyl (C=O) groups is 1. The molecule has 1 aromatic carbocycles. The van der Waals surface area contributed by atoms with E-state index in [2.05, 4.69) is 26.6 Å². The van der Waals surface area contributed by atoms with Gasteiger partial charge in [0.25, 0.3) is 5.91 Å². The SMILES string of the molecule is O=C(N[C@H]1CCNC1)c1ccc(Br)c(O)c1. The second kappa shape index (κ2) is 4.84. The van der Waals surface area contributed by atoms with E-state index in [9.17, 15) is 9.90 Å². The molecule has 0 spiro atoms. The van der Waals surface area contributed by atoms with E-state index in [0.29, 0.717) is 10.0 Å². The van der Waals surface area contributed by atoms with E-state index >= 15 is 0 Å². The summed E-state index contributed by atoms with van der Waals surface area (Å²) in [5.41, 5.74) is 0.479. The van der Waals surface area contributed by atoms with Gasteiger partial charge in [-0.15, -0.1) is 0 Å². The molecule has 0 saturated carbocycles. The lowest BCUT2D eigenvalue weighted by Crippen LogP contribution is -2.36. The summed E-state index contributed by atoms with van der Waals surface area (Å²) in [4.78, 5) is 11.8. The number of carbonyl (C=O) groups excluding carboxylic acids is 1. The molecule has 1 aromatic rings. The second-order valence-corrected chi connectivity index (χ2v) is 4.68. The number of benzene rings is 1. The zero-order chi connectivity index (χ0) is 11.5. The van der Waals surface area contributed by atoms with Crippen molar-refractivity contribution in [2.45, 2.75) is 12.5 Å². The lowest BCUT2D eigenvalue weighted by molar-refractivity contribution is 0.0939. The Hall–Kier alpha value is -1.07. The van der Waals surface area contributed by atoms with Crippen LogP contribution in [-0.2, 0) is 0 Å². The molecule has 2 rings (SSSR count). The molecule has 4 nitrogen and oxygen atoms in total. The highest BCUT2D eigenvalue weighted by molar-refractivity contribution is 9.10. The van der Waals surface area contributed by atoms with Gasteiger partial charge in [0, 0.05) is 18.2 Å². The molecule has 16 heavy (non-hydrogen) atoms. The number of hydrogen-bond donors (Lipinski definition) is 3. The van der Waals surface area contributed by atoms with Crippen LogP contribution in [-0.4, -0.2) is 30.1 Å². The van der Waals surface area contributed by atoms with Crippen molar-refractivity contribution in [2.75, 3.05) is 13.1 Å². The summed E-state index contributed by atoms with van der Waals surface area (Å²) < 4.78 is 0.589. The first-order valence-electron chi connectivity index (χ1n) is 5.17. The van der Waals surface area contributed by atoms with Crippen molar-refractivity contribution in [3.05, 3.63) is 28.2 Å². The molecule has 0 bridgehead atoms. The first-order chi connectivity index (χ1) is 7.66. The first kappa shape index (κ1) is 11.4. The van der Waals surface area contributed by atoms with Gasteiger partial charge in [-0.05, 0) is 47.1 Å². The minimum atomic E-state index is -0.142. The van der Waals surface area contributed by atoms with Crippen molar-refractivity contribution in [1.29, 1.82) is 0 Å². The smallest absolute Gasteiger partial charge is 0.251 e. The topological polar surface area (TPSA) is 61.4 Å². The third kappa shape index (κ3) is 2.54. The van der Waals surface area contributed by atoms with E-state index in [-0.39, 0.29) is 17.7 Å². The van der Waals surface area contributed by atoms with Crippen molar-refractivity contribution in [3.63, 3.8) is 0 Å². The third-order valence-corrected chi connectivity index (χ3v) is 3.27. The molecule has 1 atom stereocenters. The molecule has 5 heteroatoms. The van der Waals surface area contributed by atoms with Crippen LogP contribution in [0.15, 0.2) is 22.7 Å². The van der Waals surface area contributed by atoms with Crippen LogP contribution in [0.5, 0.6) is 5.75 Å². The van der Waals surface area contributed by atoms with E-state index in [4.69, 9.17) is 0 Å². The quantitative estimate of drug-likeness (QED) is 0.766. The van der Waals surface area contributed by atoms with Gasteiger partial charge in [0.05, 0.1) is 4.47 Å². The van der Waals surface area contributed by atoms with E-state index in [1.54, 1.807) is 12.1 Å². The monoisotopic (exact) mass is 284 g/mol. The van der Waals surface area contributed by atoms with Crippen LogP contribution in [0.2, 0.25) is 0 Å². The Labute approximate surface area is 102 Å². The average Bonchev–Trinajstić information content (AvgIpc) is 2.74. The maximum absolute atomic E-state index is 11.8. The number of hydrogen-bond acceptors (Lipinski definition) is 3. The van der Waals surface area contributed by atoms with E-state index in [1.165, 1.54) is 6.07 Å². The summed E-state index contributed by atoms with van der Waals surface area (Å²) in [5, 5.41) is 15.6. The molecular weight excluding hydrogens is 272 g/mol. The summed E-state index contributed by atoms with van der Waals surface area (Å²) in [5.74, 6) is -0.0614. The van der Waals surface area contributed by atoms with Gasteiger partial charge in [-0.2, -0.15) is 0 Å². The highest BCUT2D eigenvalue weighted by Gasteiger charge is 2.17. The molecule has 0 aliphatic carbocycles. The van der Waals surface area contributed by atoms with Gasteiger partial charge in [-0.3, -0.25) is 4.79 Å². The van der Waals surface area contributed by atoms with E-state index < -0.39 is 0 Å². The standard InChI is InChI=1S/C11H13BrN2O2/c12-9-2-1-7(5-10(9)15)11(16)14-8-3-4-13-6-8/h1-2,5,8,13,15H,3-4,6H2,(H,14,16)/t8-/m0/s1. The average molecular weight is 285 g/mol. The van der Waals surface area contributed by atoms with Gasteiger partial charge in [-0.25, -0.2) is 0 Å². The lowest BCUT2D eigenvalue weighted by Gasteiger charge is -2.11. The summed E-state index contributed by atoms with van der Waals surface area (Å²) >= 11 is 3.17. The van der Waals surface area contributed by atoms with Crippen molar-refractivity contribution >= 4 is 21.8 Å². The number of rotatable bonds is 2. The number of amides is 1. The van der Waals surface area contributed by atoms with Gasteiger partial charge in [0.15, 0.2) is 0 Å². The predicted octanol–water partition coefficient (Wildman–Crippen LogP) is 1.25. The minimum Gasteiger partial charge on any atom is -0.507 e. The molecule has 1 aliphatic rings. The number of nitrogens with one attached hydrogen (secondary N) is 2. The molecule has 0 unspecified atom stereocenters. The molecule has 1 saturated heterocycles. The first-order valence-corrected chi connectivity index (χ1v) is 5.96. The van der Waals surface area contributed by atoms with Gasteiger partial charge >= 0.3 is 0 Å². The van der Waals surface area contributed by atoms with Crippen LogP contribution in [0.3, 0.4) is 0 Å².